The molecule has 9 heteroatoms. The molecule has 1 aromatic carbocycles. The van der Waals surface area contributed by atoms with E-state index in [1.54, 1.807) is 13.8 Å². The molecule has 0 saturated carbocycles. The van der Waals surface area contributed by atoms with Gasteiger partial charge in [0.1, 0.15) is 0 Å². The van der Waals surface area contributed by atoms with Crippen LogP contribution in [0, 0.1) is 0 Å². The highest BCUT2D eigenvalue weighted by atomic mass is 35.5. The summed E-state index contributed by atoms with van der Waals surface area (Å²) in [4.78, 5) is 35.3. The number of carbonyl (C=O) groups is 3. The lowest BCUT2D eigenvalue weighted by Crippen LogP contribution is -2.44. The second-order valence-electron chi connectivity index (χ2n) is 5.33. The van der Waals surface area contributed by atoms with E-state index < -0.39 is 24.5 Å². The van der Waals surface area contributed by atoms with E-state index in [0.29, 0.717) is 12.4 Å². The average Bonchev–Trinajstić information content (AvgIpc) is 2.60. The number of halogens is 1. The lowest BCUT2D eigenvalue weighted by atomic mass is 10.2. The molecule has 1 aromatic rings. The number of carbonyl (C=O) groups excluding carboxylic acids is 3. The van der Waals surface area contributed by atoms with Crippen molar-refractivity contribution in [2.75, 3.05) is 20.3 Å². The zero-order chi connectivity index (χ0) is 19.7. The number of hydrogen-bond acceptors (Lipinski definition) is 6. The summed E-state index contributed by atoms with van der Waals surface area (Å²) in [5.74, 6) is -0.953. The van der Waals surface area contributed by atoms with Gasteiger partial charge in [0.2, 0.25) is 0 Å². The Morgan fingerprint density at radius 1 is 1.23 bits per heavy atom. The zero-order valence-corrected chi connectivity index (χ0v) is 15.9. The van der Waals surface area contributed by atoms with E-state index in [4.69, 9.17) is 25.8 Å². The van der Waals surface area contributed by atoms with Crippen LogP contribution in [0.1, 0.15) is 37.6 Å². The normalized spacial score (nSPS) is 11.3. The number of nitrogens with one attached hydrogen (secondary N) is 2. The number of esters is 1. The van der Waals surface area contributed by atoms with Gasteiger partial charge >= 0.3 is 12.0 Å². The number of methoxy groups -OCH3 is 1. The topological polar surface area (TPSA) is 103 Å². The van der Waals surface area contributed by atoms with Crippen molar-refractivity contribution in [3.63, 3.8) is 0 Å². The third kappa shape index (κ3) is 6.44. The van der Waals surface area contributed by atoms with Gasteiger partial charge in [-0.2, -0.15) is 0 Å². The van der Waals surface area contributed by atoms with Crippen molar-refractivity contribution in [1.82, 2.24) is 10.6 Å². The van der Waals surface area contributed by atoms with Crippen molar-refractivity contribution in [2.45, 2.75) is 33.2 Å². The lowest BCUT2D eigenvalue weighted by Gasteiger charge is -2.13. The first kappa shape index (κ1) is 21.6. The van der Waals surface area contributed by atoms with Crippen LogP contribution in [0.4, 0.5) is 4.79 Å². The van der Waals surface area contributed by atoms with Crippen LogP contribution < -0.4 is 20.1 Å². The fraction of sp³-hybridized carbons (Fsp3) is 0.471. The molecule has 0 fully saturated rings. The molecule has 0 spiro atoms. The van der Waals surface area contributed by atoms with Gasteiger partial charge in [-0.1, -0.05) is 18.5 Å². The first-order valence-corrected chi connectivity index (χ1v) is 8.47. The SMILES string of the molecule is CCOc1c(Cl)cc(C(=O)OCC(=O)NC(=O)N[C@H](C)CC)cc1OC. The number of imide groups is 1. The molecule has 3 amide bonds. The van der Waals surface area contributed by atoms with Crippen molar-refractivity contribution in [2.24, 2.45) is 0 Å². The van der Waals surface area contributed by atoms with Gasteiger partial charge in [0, 0.05) is 6.04 Å². The summed E-state index contributed by atoms with van der Waals surface area (Å²) in [6.45, 7) is 5.24. The molecule has 1 rings (SSSR count). The summed E-state index contributed by atoms with van der Waals surface area (Å²) in [6.07, 6.45) is 0.719. The van der Waals surface area contributed by atoms with E-state index in [1.165, 1.54) is 19.2 Å². The molecule has 1 atom stereocenters. The monoisotopic (exact) mass is 386 g/mol. The Kier molecular flexibility index (Phi) is 8.71. The summed E-state index contributed by atoms with van der Waals surface area (Å²) in [5.41, 5.74) is 0.0900. The fourth-order valence-electron chi connectivity index (χ4n) is 1.86. The van der Waals surface area contributed by atoms with Crippen molar-refractivity contribution >= 4 is 29.5 Å². The minimum atomic E-state index is -0.786. The zero-order valence-electron chi connectivity index (χ0n) is 15.2. The lowest BCUT2D eigenvalue weighted by molar-refractivity contribution is -0.123. The maximum absolute atomic E-state index is 12.1. The summed E-state index contributed by atoms with van der Waals surface area (Å²) in [6, 6.07) is 2.02. The molecule has 0 unspecified atom stereocenters. The standard InChI is InChI=1S/C17H23ClN2O6/c1-5-10(3)19-17(23)20-14(21)9-26-16(22)11-7-12(18)15(25-6-2)13(8-11)24-4/h7-8,10H,5-6,9H2,1-4H3,(H2,19,20,21,23)/t10-/m1/s1. The van der Waals surface area contributed by atoms with Crippen molar-refractivity contribution < 1.29 is 28.6 Å². The van der Waals surface area contributed by atoms with Gasteiger partial charge in [0.15, 0.2) is 18.1 Å². The van der Waals surface area contributed by atoms with Crippen LogP contribution in [-0.4, -0.2) is 44.3 Å². The van der Waals surface area contributed by atoms with E-state index in [2.05, 4.69) is 10.6 Å². The van der Waals surface area contributed by atoms with Crippen LogP contribution in [0.2, 0.25) is 5.02 Å². The molecule has 8 nitrogen and oxygen atoms in total. The summed E-state index contributed by atoms with van der Waals surface area (Å²) >= 11 is 6.08. The van der Waals surface area contributed by atoms with E-state index in [-0.39, 0.29) is 22.4 Å². The highest BCUT2D eigenvalue weighted by Gasteiger charge is 2.18. The molecule has 0 aliphatic heterocycles. The highest BCUT2D eigenvalue weighted by Crippen LogP contribution is 2.36. The van der Waals surface area contributed by atoms with Crippen molar-refractivity contribution in [1.29, 1.82) is 0 Å². The molecule has 26 heavy (non-hydrogen) atoms. The average molecular weight is 387 g/mol. The van der Waals surface area contributed by atoms with E-state index >= 15 is 0 Å². The molecule has 0 aliphatic carbocycles. The summed E-state index contributed by atoms with van der Waals surface area (Å²) in [5, 5.41) is 4.81. The fourth-order valence-corrected chi connectivity index (χ4v) is 2.13. The van der Waals surface area contributed by atoms with Crippen LogP contribution in [0.5, 0.6) is 11.5 Å². The number of amides is 3. The molecule has 144 valence electrons. The molecule has 0 radical (unpaired) electrons. The van der Waals surface area contributed by atoms with Gasteiger partial charge in [0.05, 0.1) is 24.3 Å². The molecule has 0 heterocycles. The first-order valence-electron chi connectivity index (χ1n) is 8.10. The largest absolute Gasteiger partial charge is 0.493 e. The minimum absolute atomic E-state index is 0.0798. The van der Waals surface area contributed by atoms with Gasteiger partial charge in [-0.3, -0.25) is 10.1 Å². The Morgan fingerprint density at radius 2 is 1.92 bits per heavy atom. The summed E-state index contributed by atoms with van der Waals surface area (Å²) < 4.78 is 15.4. The molecular formula is C17H23ClN2O6. The van der Waals surface area contributed by atoms with Crippen LogP contribution in [-0.2, 0) is 9.53 Å². The van der Waals surface area contributed by atoms with Gasteiger partial charge in [-0.15, -0.1) is 0 Å². The number of ether oxygens (including phenoxy) is 3. The molecular weight excluding hydrogens is 364 g/mol. The van der Waals surface area contributed by atoms with Gasteiger partial charge < -0.3 is 19.5 Å². The Balaban J connectivity index is 2.66. The Hall–Kier alpha value is -2.48. The van der Waals surface area contributed by atoms with Gasteiger partial charge in [0.25, 0.3) is 5.91 Å². The van der Waals surface area contributed by atoms with Crippen LogP contribution in [0.15, 0.2) is 12.1 Å². The second kappa shape index (κ2) is 10.5. The molecule has 0 aliphatic rings. The quantitative estimate of drug-likeness (QED) is 0.665. The van der Waals surface area contributed by atoms with Gasteiger partial charge in [-0.05, 0) is 32.4 Å². The summed E-state index contributed by atoms with van der Waals surface area (Å²) in [7, 11) is 1.41. The number of benzene rings is 1. The molecule has 0 aromatic heterocycles. The minimum Gasteiger partial charge on any atom is -0.493 e. The Labute approximate surface area is 157 Å². The number of urea groups is 1. The van der Waals surface area contributed by atoms with E-state index in [1.807, 2.05) is 6.92 Å². The maximum Gasteiger partial charge on any atom is 0.338 e. The first-order chi connectivity index (χ1) is 12.3. The van der Waals surface area contributed by atoms with E-state index in [9.17, 15) is 14.4 Å². The van der Waals surface area contributed by atoms with Crippen molar-refractivity contribution in [3.8, 4) is 11.5 Å². The Morgan fingerprint density at radius 3 is 2.50 bits per heavy atom. The third-order valence-electron chi connectivity index (χ3n) is 3.33. The van der Waals surface area contributed by atoms with Crippen LogP contribution in [0.25, 0.3) is 0 Å². The van der Waals surface area contributed by atoms with Crippen LogP contribution in [0.3, 0.4) is 0 Å². The number of rotatable bonds is 8. The number of hydrogen-bond donors (Lipinski definition) is 2. The Bertz CT molecular complexity index is 665. The van der Waals surface area contributed by atoms with E-state index in [0.717, 1.165) is 6.42 Å². The predicted octanol–water partition coefficient (Wildman–Crippen LogP) is 2.53. The smallest absolute Gasteiger partial charge is 0.338 e. The predicted molar refractivity (Wildman–Crippen MR) is 95.9 cm³/mol. The molecule has 0 saturated heterocycles. The maximum atomic E-state index is 12.1. The van der Waals surface area contributed by atoms with Crippen molar-refractivity contribution in [3.05, 3.63) is 22.7 Å². The molecule has 0 bridgehead atoms. The molecule has 2 N–H and O–H groups in total. The highest BCUT2D eigenvalue weighted by molar-refractivity contribution is 6.32. The third-order valence-corrected chi connectivity index (χ3v) is 3.61. The van der Waals surface area contributed by atoms with Crippen LogP contribution >= 0.6 is 11.6 Å². The van der Waals surface area contributed by atoms with Gasteiger partial charge in [-0.25, -0.2) is 9.59 Å². The second-order valence-corrected chi connectivity index (χ2v) is 5.74.